The fourth-order valence-electron chi connectivity index (χ4n) is 6.55. The van der Waals surface area contributed by atoms with Crippen molar-refractivity contribution in [2.45, 2.75) is 207 Å². The topological polar surface area (TPSA) is 78.9 Å². The van der Waals surface area contributed by atoms with Crippen molar-refractivity contribution in [1.29, 1.82) is 0 Å². The van der Waals surface area contributed by atoms with Crippen molar-refractivity contribution in [1.82, 2.24) is 0 Å². The number of hydrogen-bond acceptors (Lipinski definition) is 6. The molecule has 0 aromatic rings. The molecule has 0 aromatic carbocycles. The van der Waals surface area contributed by atoms with Gasteiger partial charge in [-0.3, -0.25) is 14.4 Å². The lowest BCUT2D eigenvalue weighted by Crippen LogP contribution is -2.30. The summed E-state index contributed by atoms with van der Waals surface area (Å²) in [4.78, 5) is 38.0. The maximum Gasteiger partial charge on any atom is 0.306 e. The molecule has 0 aliphatic heterocycles. The van der Waals surface area contributed by atoms with Crippen molar-refractivity contribution in [2.75, 3.05) is 13.2 Å². The summed E-state index contributed by atoms with van der Waals surface area (Å²) in [6.45, 7) is 6.23. The molecule has 0 fully saturated rings. The highest BCUT2D eigenvalue weighted by molar-refractivity contribution is 5.71. The first-order chi connectivity index (χ1) is 34.0. The number of carbonyl (C=O) groups excluding carboxylic acids is 3. The molecule has 0 saturated heterocycles. The van der Waals surface area contributed by atoms with Crippen molar-refractivity contribution in [2.24, 2.45) is 0 Å². The van der Waals surface area contributed by atoms with Gasteiger partial charge >= 0.3 is 17.9 Å². The number of hydrogen-bond donors (Lipinski definition) is 0. The van der Waals surface area contributed by atoms with Gasteiger partial charge in [-0.1, -0.05) is 217 Å². The first-order valence-corrected chi connectivity index (χ1v) is 27.0. The predicted octanol–water partition coefficient (Wildman–Crippen LogP) is 18.2. The van der Waals surface area contributed by atoms with E-state index in [-0.39, 0.29) is 50.4 Å². The van der Waals surface area contributed by atoms with E-state index in [0.717, 1.165) is 116 Å². The summed E-state index contributed by atoms with van der Waals surface area (Å²) in [6.07, 6.45) is 81.1. The minimum atomic E-state index is -0.851. The summed E-state index contributed by atoms with van der Waals surface area (Å²) in [5.74, 6) is -1.13. The number of unbranched alkanes of at least 4 members (excludes halogenated alkanes) is 9. The average molecular weight is 949 g/mol. The molecule has 0 aliphatic rings. The van der Waals surface area contributed by atoms with E-state index in [0.29, 0.717) is 12.8 Å². The van der Waals surface area contributed by atoms with Crippen LogP contribution < -0.4 is 0 Å². The van der Waals surface area contributed by atoms with Gasteiger partial charge < -0.3 is 14.2 Å². The van der Waals surface area contributed by atoms with Gasteiger partial charge in [0.15, 0.2) is 6.10 Å². The second kappa shape index (κ2) is 55.6. The first-order valence-electron chi connectivity index (χ1n) is 27.0. The largest absolute Gasteiger partial charge is 0.462 e. The van der Waals surface area contributed by atoms with Crippen molar-refractivity contribution in [3.05, 3.63) is 158 Å². The zero-order valence-electron chi connectivity index (χ0n) is 43.8. The molecule has 0 saturated carbocycles. The van der Waals surface area contributed by atoms with Crippen LogP contribution in [0.1, 0.15) is 201 Å². The van der Waals surface area contributed by atoms with E-state index in [1.807, 2.05) is 24.3 Å². The molecular formula is C63H96O6. The smallest absolute Gasteiger partial charge is 0.306 e. The van der Waals surface area contributed by atoms with Gasteiger partial charge in [-0.15, -0.1) is 0 Å². The van der Waals surface area contributed by atoms with Gasteiger partial charge in [-0.2, -0.15) is 0 Å². The average Bonchev–Trinajstić information content (AvgIpc) is 3.35. The fraction of sp³-hybridized carbons (Fsp3) is 0.540. The summed E-state index contributed by atoms with van der Waals surface area (Å²) < 4.78 is 16.7. The molecule has 0 bridgehead atoms. The Kier molecular flexibility index (Phi) is 51.6. The number of rotatable bonds is 46. The van der Waals surface area contributed by atoms with Crippen molar-refractivity contribution < 1.29 is 28.6 Å². The Labute approximate surface area is 422 Å². The van der Waals surface area contributed by atoms with Crippen LogP contribution in [-0.2, 0) is 28.6 Å². The Balaban J connectivity index is 4.64. The van der Waals surface area contributed by atoms with Crippen LogP contribution in [0.3, 0.4) is 0 Å². The number of allylic oxidation sites excluding steroid dienone is 26. The lowest BCUT2D eigenvalue weighted by atomic mass is 10.1. The highest BCUT2D eigenvalue weighted by Crippen LogP contribution is 2.11. The number of ether oxygens (including phenoxy) is 3. The molecule has 0 rings (SSSR count). The molecule has 0 heterocycles. The highest BCUT2D eigenvalue weighted by Gasteiger charge is 2.19. The Morgan fingerprint density at radius 2 is 0.594 bits per heavy atom. The van der Waals surface area contributed by atoms with Gasteiger partial charge in [0.1, 0.15) is 13.2 Å². The van der Waals surface area contributed by atoms with Crippen molar-refractivity contribution in [3.8, 4) is 0 Å². The zero-order valence-corrected chi connectivity index (χ0v) is 43.8. The minimum Gasteiger partial charge on any atom is -0.462 e. The molecule has 6 nitrogen and oxygen atoms in total. The summed E-state index contributed by atoms with van der Waals surface area (Å²) >= 11 is 0. The zero-order chi connectivity index (χ0) is 50.0. The van der Waals surface area contributed by atoms with Crippen LogP contribution in [0.2, 0.25) is 0 Å². The molecular weight excluding hydrogens is 853 g/mol. The van der Waals surface area contributed by atoms with Gasteiger partial charge in [0.05, 0.1) is 0 Å². The van der Waals surface area contributed by atoms with Crippen molar-refractivity contribution in [3.63, 3.8) is 0 Å². The molecule has 69 heavy (non-hydrogen) atoms. The molecule has 0 aliphatic carbocycles. The van der Waals surface area contributed by atoms with Gasteiger partial charge in [0.25, 0.3) is 0 Å². The Bertz CT molecular complexity index is 1510. The fourth-order valence-corrected chi connectivity index (χ4v) is 6.55. The van der Waals surface area contributed by atoms with E-state index in [4.69, 9.17) is 14.2 Å². The van der Waals surface area contributed by atoms with E-state index in [1.165, 1.54) is 32.1 Å². The molecule has 0 amide bonds. The SMILES string of the molecule is CCC=CCC=CCC=CCC=CCC=CCC=CCCC(=O)OCC(COC(=O)CCC=CCC=CCC=CCC=CCC=CCC=CCC)OC(=O)CCCCCCCC=CCCCCCC. The van der Waals surface area contributed by atoms with Gasteiger partial charge in [0.2, 0.25) is 0 Å². The quantitative estimate of drug-likeness (QED) is 0.0262. The Hall–Kier alpha value is -4.97. The maximum absolute atomic E-state index is 12.8. The summed E-state index contributed by atoms with van der Waals surface area (Å²) in [7, 11) is 0. The van der Waals surface area contributed by atoms with E-state index >= 15 is 0 Å². The maximum atomic E-state index is 12.8. The van der Waals surface area contributed by atoms with E-state index in [9.17, 15) is 14.4 Å². The van der Waals surface area contributed by atoms with Crippen LogP contribution >= 0.6 is 0 Å². The lowest BCUT2D eigenvalue weighted by Gasteiger charge is -2.18. The van der Waals surface area contributed by atoms with Crippen LogP contribution in [-0.4, -0.2) is 37.2 Å². The van der Waals surface area contributed by atoms with Gasteiger partial charge in [-0.25, -0.2) is 0 Å². The standard InChI is InChI=1S/C63H96O6/c1-4-7-10-13-16-19-22-25-27-29-31-33-35-38-40-43-46-49-52-55-61(64)67-58-60(69-63(66)57-54-51-48-45-42-37-24-21-18-15-12-9-6-3)59-68-62(65)56-53-50-47-44-41-39-36-34-32-30-28-26-23-20-17-14-11-8-5-2/h7-8,10-11,16-17,19-21,24-28,31-34,38-41,46-47,49-50,60H,4-6,9,12-15,18,22-23,29-30,35-37,42-45,48,51-59H2,1-3H3. The summed E-state index contributed by atoms with van der Waals surface area (Å²) in [5.41, 5.74) is 0. The van der Waals surface area contributed by atoms with Crippen LogP contribution in [0.5, 0.6) is 0 Å². The lowest BCUT2D eigenvalue weighted by molar-refractivity contribution is -0.166. The normalized spacial score (nSPS) is 13.4. The molecule has 0 aromatic heterocycles. The molecule has 6 heteroatoms. The van der Waals surface area contributed by atoms with Gasteiger partial charge in [0, 0.05) is 19.3 Å². The summed E-state index contributed by atoms with van der Waals surface area (Å²) in [6, 6.07) is 0. The minimum absolute atomic E-state index is 0.152. The molecule has 0 radical (unpaired) electrons. The van der Waals surface area contributed by atoms with Crippen LogP contribution in [0.4, 0.5) is 0 Å². The molecule has 0 N–H and O–H groups in total. The van der Waals surface area contributed by atoms with Crippen LogP contribution in [0, 0.1) is 0 Å². The third-order valence-corrected chi connectivity index (χ3v) is 10.5. The monoisotopic (exact) mass is 949 g/mol. The van der Waals surface area contributed by atoms with Gasteiger partial charge in [-0.05, 0) is 122 Å². The predicted molar refractivity (Wildman–Crippen MR) is 297 cm³/mol. The third-order valence-electron chi connectivity index (χ3n) is 10.5. The third kappa shape index (κ3) is 53.8. The Morgan fingerprint density at radius 1 is 0.304 bits per heavy atom. The molecule has 0 spiro atoms. The Morgan fingerprint density at radius 3 is 0.942 bits per heavy atom. The molecule has 384 valence electrons. The van der Waals surface area contributed by atoms with E-state index in [2.05, 4.69) is 154 Å². The number of esters is 3. The first kappa shape index (κ1) is 64.0. The molecule has 0 atom stereocenters. The van der Waals surface area contributed by atoms with Crippen molar-refractivity contribution >= 4 is 17.9 Å². The summed E-state index contributed by atoms with van der Waals surface area (Å²) in [5, 5.41) is 0. The second-order valence-electron chi connectivity index (χ2n) is 17.0. The van der Waals surface area contributed by atoms with E-state index < -0.39 is 6.10 Å². The second-order valence-corrected chi connectivity index (χ2v) is 17.0. The highest BCUT2D eigenvalue weighted by atomic mass is 16.6. The molecule has 0 unspecified atom stereocenters. The van der Waals surface area contributed by atoms with Crippen LogP contribution in [0.15, 0.2) is 158 Å². The number of carbonyl (C=O) groups is 3. The van der Waals surface area contributed by atoms with E-state index in [1.54, 1.807) is 0 Å². The van der Waals surface area contributed by atoms with Crippen LogP contribution in [0.25, 0.3) is 0 Å².